The molecule has 0 fully saturated rings. The molecule has 1 N–H and O–H groups in total. The number of nitrogens with zero attached hydrogens (tertiary/aromatic N) is 1. The minimum Gasteiger partial charge on any atom is -0.480 e. The van der Waals surface area contributed by atoms with Gasteiger partial charge in [-0.05, 0) is 0 Å². The van der Waals surface area contributed by atoms with Gasteiger partial charge in [0.05, 0.1) is 19.8 Å². The highest BCUT2D eigenvalue weighted by atomic mass is 16.5. The second-order valence-electron chi connectivity index (χ2n) is 1.91. The van der Waals surface area contributed by atoms with Crippen molar-refractivity contribution in [3.8, 4) is 0 Å². The lowest BCUT2D eigenvalue weighted by Gasteiger charge is -2.00. The summed E-state index contributed by atoms with van der Waals surface area (Å²) in [5, 5.41) is 10.7. The molecule has 70 valence electrons. The first-order valence-corrected chi connectivity index (χ1v) is 3.43. The summed E-state index contributed by atoms with van der Waals surface area (Å²) in [7, 11) is 0. The standard InChI is InChI=1S/C6H11NO5/c8-6(9)5-12-4-3-11-2-1-7-10/h1-5H2,(H,8,9). The predicted octanol–water partition coefficient (Wildman–Crippen LogP) is -0.129. The van der Waals surface area contributed by atoms with E-state index in [2.05, 4.69) is 9.91 Å². The van der Waals surface area contributed by atoms with Crippen LogP contribution in [0.1, 0.15) is 0 Å². The third-order valence-corrected chi connectivity index (χ3v) is 0.924. The Kier molecular flexibility index (Phi) is 7.41. The Morgan fingerprint density at radius 2 is 1.92 bits per heavy atom. The quantitative estimate of drug-likeness (QED) is 0.412. The van der Waals surface area contributed by atoms with Gasteiger partial charge in [0.25, 0.3) is 0 Å². The van der Waals surface area contributed by atoms with Crippen LogP contribution in [-0.2, 0) is 14.3 Å². The topological polar surface area (TPSA) is 85.2 Å². The SMILES string of the molecule is O=NCCOCCOCC(=O)O. The second-order valence-corrected chi connectivity index (χ2v) is 1.91. The van der Waals surface area contributed by atoms with Gasteiger partial charge in [0.2, 0.25) is 0 Å². The fraction of sp³-hybridized carbons (Fsp3) is 0.833. The van der Waals surface area contributed by atoms with Gasteiger partial charge in [-0.1, -0.05) is 5.18 Å². The number of nitroso groups, excluding NO2 is 1. The molecule has 0 atom stereocenters. The summed E-state index contributed by atoms with van der Waals surface area (Å²) in [4.78, 5) is 19.5. The molecular weight excluding hydrogens is 166 g/mol. The molecule has 6 heteroatoms. The average molecular weight is 177 g/mol. The maximum atomic E-state index is 9.91. The minimum atomic E-state index is -1.01. The van der Waals surface area contributed by atoms with E-state index in [9.17, 15) is 9.70 Å². The zero-order valence-corrected chi connectivity index (χ0v) is 6.56. The lowest BCUT2D eigenvalue weighted by Crippen LogP contribution is -2.12. The third-order valence-electron chi connectivity index (χ3n) is 0.924. The molecule has 0 aromatic heterocycles. The zero-order valence-electron chi connectivity index (χ0n) is 6.56. The Labute approximate surface area is 69.4 Å². The molecule has 0 aromatic carbocycles. The smallest absolute Gasteiger partial charge is 0.329 e. The first-order chi connectivity index (χ1) is 5.77. The number of rotatable bonds is 8. The van der Waals surface area contributed by atoms with Crippen LogP contribution in [0.2, 0.25) is 0 Å². The van der Waals surface area contributed by atoms with Crippen LogP contribution in [0.5, 0.6) is 0 Å². The van der Waals surface area contributed by atoms with Gasteiger partial charge in [0.1, 0.15) is 13.2 Å². The Bertz CT molecular complexity index is 138. The molecule has 0 spiro atoms. The summed E-state index contributed by atoms with van der Waals surface area (Å²) in [6.07, 6.45) is 0. The van der Waals surface area contributed by atoms with E-state index in [0.717, 1.165) is 0 Å². The van der Waals surface area contributed by atoms with Gasteiger partial charge in [0.15, 0.2) is 0 Å². The molecule has 0 amide bonds. The monoisotopic (exact) mass is 177 g/mol. The number of carboxylic acids is 1. The van der Waals surface area contributed by atoms with Crippen molar-refractivity contribution in [3.63, 3.8) is 0 Å². The van der Waals surface area contributed by atoms with Crippen molar-refractivity contribution in [1.82, 2.24) is 0 Å². The van der Waals surface area contributed by atoms with Gasteiger partial charge in [-0.15, -0.1) is 0 Å². The summed E-state index contributed by atoms with van der Waals surface area (Å²) in [6, 6.07) is 0. The van der Waals surface area contributed by atoms with Crippen LogP contribution >= 0.6 is 0 Å². The van der Waals surface area contributed by atoms with Crippen molar-refractivity contribution < 1.29 is 19.4 Å². The first kappa shape index (κ1) is 11.0. The lowest BCUT2D eigenvalue weighted by molar-refractivity contribution is -0.142. The third kappa shape index (κ3) is 8.99. The highest BCUT2D eigenvalue weighted by Gasteiger charge is 1.95. The van der Waals surface area contributed by atoms with Crippen LogP contribution in [0.4, 0.5) is 0 Å². The Balaban J connectivity index is 2.90. The molecule has 0 radical (unpaired) electrons. The van der Waals surface area contributed by atoms with Gasteiger partial charge in [-0.2, -0.15) is 4.91 Å². The molecule has 0 unspecified atom stereocenters. The molecule has 0 saturated carbocycles. The number of carbonyl (C=O) groups is 1. The van der Waals surface area contributed by atoms with E-state index in [1.807, 2.05) is 0 Å². The van der Waals surface area contributed by atoms with Crippen molar-refractivity contribution in [2.45, 2.75) is 0 Å². The van der Waals surface area contributed by atoms with Crippen molar-refractivity contribution in [2.75, 3.05) is 33.0 Å². The summed E-state index contributed by atoms with van der Waals surface area (Å²) in [5.74, 6) is -1.01. The van der Waals surface area contributed by atoms with Gasteiger partial charge >= 0.3 is 5.97 Å². The van der Waals surface area contributed by atoms with Crippen LogP contribution in [0, 0.1) is 4.91 Å². The van der Waals surface area contributed by atoms with Crippen molar-refractivity contribution >= 4 is 5.97 Å². The molecular formula is C6H11NO5. The molecule has 0 aliphatic heterocycles. The fourth-order valence-corrected chi connectivity index (χ4v) is 0.481. The Morgan fingerprint density at radius 1 is 1.25 bits per heavy atom. The Hall–Kier alpha value is -1.01. The van der Waals surface area contributed by atoms with Gasteiger partial charge in [-0.3, -0.25) is 0 Å². The van der Waals surface area contributed by atoms with Gasteiger partial charge in [-0.25, -0.2) is 4.79 Å². The van der Waals surface area contributed by atoms with Crippen LogP contribution < -0.4 is 0 Å². The van der Waals surface area contributed by atoms with E-state index in [-0.39, 0.29) is 33.0 Å². The minimum absolute atomic E-state index is 0.110. The number of aliphatic carboxylic acids is 1. The number of ether oxygens (including phenoxy) is 2. The van der Waals surface area contributed by atoms with E-state index < -0.39 is 5.97 Å². The summed E-state index contributed by atoms with van der Waals surface area (Å²) >= 11 is 0. The molecule has 0 bridgehead atoms. The van der Waals surface area contributed by atoms with Crippen LogP contribution in [-0.4, -0.2) is 44.0 Å². The van der Waals surface area contributed by atoms with Gasteiger partial charge in [0, 0.05) is 0 Å². The maximum absolute atomic E-state index is 9.91. The Morgan fingerprint density at radius 3 is 2.50 bits per heavy atom. The molecule has 0 saturated heterocycles. The molecule has 12 heavy (non-hydrogen) atoms. The fourth-order valence-electron chi connectivity index (χ4n) is 0.481. The van der Waals surface area contributed by atoms with E-state index >= 15 is 0 Å². The molecule has 0 aliphatic carbocycles. The lowest BCUT2D eigenvalue weighted by atomic mass is 10.7. The largest absolute Gasteiger partial charge is 0.480 e. The molecule has 0 aliphatic rings. The molecule has 0 heterocycles. The summed E-state index contributed by atoms with van der Waals surface area (Å²) < 4.78 is 9.49. The zero-order chi connectivity index (χ0) is 9.23. The average Bonchev–Trinajstić information content (AvgIpc) is 2.02. The first-order valence-electron chi connectivity index (χ1n) is 3.43. The highest BCUT2D eigenvalue weighted by molar-refractivity contribution is 5.67. The van der Waals surface area contributed by atoms with Crippen LogP contribution in [0.15, 0.2) is 5.18 Å². The second kappa shape index (κ2) is 8.09. The summed E-state index contributed by atoms with van der Waals surface area (Å²) in [5.41, 5.74) is 0. The van der Waals surface area contributed by atoms with E-state index in [1.165, 1.54) is 0 Å². The van der Waals surface area contributed by atoms with E-state index in [0.29, 0.717) is 0 Å². The predicted molar refractivity (Wildman–Crippen MR) is 39.9 cm³/mol. The van der Waals surface area contributed by atoms with Crippen LogP contribution in [0.25, 0.3) is 0 Å². The molecule has 0 aromatic rings. The van der Waals surface area contributed by atoms with E-state index in [4.69, 9.17) is 9.84 Å². The van der Waals surface area contributed by atoms with Crippen LogP contribution in [0.3, 0.4) is 0 Å². The van der Waals surface area contributed by atoms with Crippen molar-refractivity contribution in [1.29, 1.82) is 0 Å². The number of hydrogen-bond acceptors (Lipinski definition) is 5. The van der Waals surface area contributed by atoms with Gasteiger partial charge < -0.3 is 14.6 Å². The molecule has 0 rings (SSSR count). The number of carboxylic acid groups (broad SMARTS) is 1. The number of hydrogen-bond donors (Lipinski definition) is 1. The van der Waals surface area contributed by atoms with Crippen molar-refractivity contribution in [2.24, 2.45) is 5.18 Å². The molecule has 6 nitrogen and oxygen atoms in total. The van der Waals surface area contributed by atoms with E-state index in [1.54, 1.807) is 0 Å². The maximum Gasteiger partial charge on any atom is 0.329 e. The highest BCUT2D eigenvalue weighted by Crippen LogP contribution is 1.79. The summed E-state index contributed by atoms with van der Waals surface area (Å²) in [6.45, 7) is 0.530. The van der Waals surface area contributed by atoms with Crippen molar-refractivity contribution in [3.05, 3.63) is 4.91 Å². The normalized spacial score (nSPS) is 9.67.